The van der Waals surface area contributed by atoms with E-state index in [9.17, 15) is 9.18 Å². The van der Waals surface area contributed by atoms with E-state index in [2.05, 4.69) is 22.5 Å². The van der Waals surface area contributed by atoms with Crippen molar-refractivity contribution < 1.29 is 4.39 Å². The van der Waals surface area contributed by atoms with E-state index < -0.39 is 0 Å². The van der Waals surface area contributed by atoms with Crippen LogP contribution in [0.2, 0.25) is 5.02 Å². The Kier molecular flexibility index (Phi) is 5.27. The average Bonchev–Trinajstić information content (AvgIpc) is 3.35. The van der Waals surface area contributed by atoms with E-state index in [1.54, 1.807) is 6.07 Å². The highest BCUT2D eigenvalue weighted by Crippen LogP contribution is 2.34. The van der Waals surface area contributed by atoms with Gasteiger partial charge in [-0.1, -0.05) is 36.6 Å². The minimum absolute atomic E-state index is 0.0712. The first-order chi connectivity index (χ1) is 13.1. The summed E-state index contributed by atoms with van der Waals surface area (Å²) in [6.07, 6.45) is 6.57. The molecule has 0 aliphatic heterocycles. The molecule has 2 aromatic heterocycles. The molecule has 1 aliphatic carbocycles. The number of aromatic nitrogens is 2. The van der Waals surface area contributed by atoms with Gasteiger partial charge in [-0.2, -0.15) is 14.2 Å². The number of nitrogens with zero attached hydrogens (tertiary/aromatic N) is 2. The van der Waals surface area contributed by atoms with Gasteiger partial charge in [0, 0.05) is 11.4 Å². The molecule has 0 saturated heterocycles. The van der Waals surface area contributed by atoms with Crippen LogP contribution in [-0.4, -0.2) is 9.78 Å². The summed E-state index contributed by atoms with van der Waals surface area (Å²) in [5, 5.41) is 7.11. The molecule has 3 aromatic rings. The number of hydrogen-bond donors (Lipinski definition) is 1. The predicted octanol–water partition coefficient (Wildman–Crippen LogP) is 5.36. The van der Waals surface area contributed by atoms with Gasteiger partial charge in [-0.05, 0) is 48.6 Å². The van der Waals surface area contributed by atoms with Crippen LogP contribution in [0.1, 0.15) is 42.0 Å². The van der Waals surface area contributed by atoms with Crippen LogP contribution >= 0.6 is 22.9 Å². The Morgan fingerprint density at radius 3 is 2.59 bits per heavy atom. The van der Waals surface area contributed by atoms with Gasteiger partial charge in [-0.25, -0.2) is 0 Å². The fraction of sp³-hybridized carbons (Fsp3) is 0.300. The van der Waals surface area contributed by atoms with Gasteiger partial charge in [-0.15, -0.1) is 11.3 Å². The Balaban J connectivity index is 1.53. The van der Waals surface area contributed by atoms with Crippen molar-refractivity contribution in [2.45, 2.75) is 38.1 Å². The summed E-state index contributed by atoms with van der Waals surface area (Å²) in [4.78, 5) is 13.4. The van der Waals surface area contributed by atoms with Crippen LogP contribution in [-0.2, 0) is 6.54 Å². The van der Waals surface area contributed by atoms with Crippen LogP contribution in [0.4, 0.5) is 10.1 Å². The molecule has 27 heavy (non-hydrogen) atoms. The smallest absolute Gasteiger partial charge is 0.292 e. The molecule has 140 valence electrons. The number of halogens is 2. The maximum atomic E-state index is 13.1. The van der Waals surface area contributed by atoms with Crippen molar-refractivity contribution in [3.05, 3.63) is 73.5 Å². The monoisotopic (exact) mass is 403 g/mol. The topological polar surface area (TPSA) is 46.9 Å². The second-order valence-electron chi connectivity index (χ2n) is 6.72. The largest absolute Gasteiger partial charge is 0.377 e. The fourth-order valence-corrected chi connectivity index (χ4v) is 4.38. The van der Waals surface area contributed by atoms with Gasteiger partial charge in [0.05, 0.1) is 17.6 Å². The third-order valence-electron chi connectivity index (χ3n) is 4.97. The zero-order valence-corrected chi connectivity index (χ0v) is 16.2. The van der Waals surface area contributed by atoms with Crippen molar-refractivity contribution >= 4 is 28.6 Å². The lowest BCUT2D eigenvalue weighted by Gasteiger charge is -2.12. The first kappa shape index (κ1) is 18.2. The Morgan fingerprint density at radius 1 is 1.19 bits per heavy atom. The van der Waals surface area contributed by atoms with E-state index in [0.29, 0.717) is 23.8 Å². The first-order valence-electron chi connectivity index (χ1n) is 8.98. The van der Waals surface area contributed by atoms with Crippen LogP contribution in [0.25, 0.3) is 5.69 Å². The van der Waals surface area contributed by atoms with Crippen LogP contribution in [0.3, 0.4) is 0 Å². The Hall–Kier alpha value is -2.18. The second kappa shape index (κ2) is 7.82. The molecule has 4 nitrogen and oxygen atoms in total. The van der Waals surface area contributed by atoms with Crippen LogP contribution in [0.5, 0.6) is 0 Å². The summed E-state index contributed by atoms with van der Waals surface area (Å²) in [5.74, 6) is 0.626. The maximum Gasteiger partial charge on any atom is 0.292 e. The first-order valence-corrected chi connectivity index (χ1v) is 10.2. The van der Waals surface area contributed by atoms with Crippen molar-refractivity contribution in [2.75, 3.05) is 5.32 Å². The van der Waals surface area contributed by atoms with Crippen molar-refractivity contribution in [1.82, 2.24) is 9.78 Å². The van der Waals surface area contributed by atoms with Gasteiger partial charge < -0.3 is 5.32 Å². The van der Waals surface area contributed by atoms with Gasteiger partial charge in [0.15, 0.2) is 5.13 Å². The summed E-state index contributed by atoms with van der Waals surface area (Å²) in [6.45, 7) is 0.384. The number of nitrogens with one attached hydrogen (secondary N) is 1. The minimum atomic E-state index is -0.382. The zero-order chi connectivity index (χ0) is 18.8. The van der Waals surface area contributed by atoms with E-state index in [-0.39, 0.29) is 15.7 Å². The Bertz CT molecular complexity index is 993. The third kappa shape index (κ3) is 3.92. The predicted molar refractivity (Wildman–Crippen MR) is 108 cm³/mol. The van der Waals surface area contributed by atoms with Crippen molar-refractivity contribution in [1.29, 1.82) is 0 Å². The Morgan fingerprint density at radius 2 is 1.93 bits per heavy atom. The minimum Gasteiger partial charge on any atom is -0.377 e. The lowest BCUT2D eigenvalue weighted by molar-refractivity contribution is 0.657. The summed E-state index contributed by atoms with van der Waals surface area (Å²) >= 11 is 7.30. The quantitative estimate of drug-likeness (QED) is 0.624. The second-order valence-corrected chi connectivity index (χ2v) is 8.22. The molecule has 1 N–H and O–H groups in total. The zero-order valence-electron chi connectivity index (χ0n) is 14.6. The molecule has 1 aliphatic rings. The molecule has 7 heteroatoms. The molecule has 0 unspecified atom stereocenters. The van der Waals surface area contributed by atoms with Gasteiger partial charge >= 0.3 is 0 Å². The van der Waals surface area contributed by atoms with E-state index in [0.717, 1.165) is 16.2 Å². The number of thiophene rings is 1. The number of rotatable bonds is 5. The molecule has 0 amide bonds. The molecule has 0 spiro atoms. The van der Waals surface area contributed by atoms with Crippen molar-refractivity contribution in [3.63, 3.8) is 0 Å². The molecule has 4 rings (SSSR count). The molecular formula is C20H19ClFN3OS. The Labute approximate surface area is 165 Å². The van der Waals surface area contributed by atoms with E-state index in [1.807, 2.05) is 12.1 Å². The standard InChI is InChI=1S/C20H19ClFN3OS/c21-19-17(23-11-16-9-10-18(22)27-16)12-24-25(20(19)26)15-7-5-14(6-8-15)13-3-1-2-4-13/h5-10,12-13,23H,1-4,11H2. The normalized spacial score (nSPS) is 14.6. The summed E-state index contributed by atoms with van der Waals surface area (Å²) < 4.78 is 14.4. The van der Waals surface area contributed by atoms with Gasteiger partial charge in [0.25, 0.3) is 5.56 Å². The number of benzene rings is 1. The van der Waals surface area contributed by atoms with Gasteiger partial charge in [0.2, 0.25) is 0 Å². The van der Waals surface area contributed by atoms with E-state index >= 15 is 0 Å². The molecule has 1 aromatic carbocycles. The third-order valence-corrected chi connectivity index (χ3v) is 6.20. The summed E-state index contributed by atoms with van der Waals surface area (Å²) in [5.41, 5.74) is 2.06. The highest BCUT2D eigenvalue weighted by atomic mass is 35.5. The fourth-order valence-electron chi connectivity index (χ4n) is 3.52. The maximum absolute atomic E-state index is 13.1. The highest BCUT2D eigenvalue weighted by molar-refractivity contribution is 7.10. The molecule has 1 fully saturated rings. The summed E-state index contributed by atoms with van der Waals surface area (Å²) in [7, 11) is 0. The van der Waals surface area contributed by atoms with Gasteiger partial charge in [-0.3, -0.25) is 4.79 Å². The molecular weight excluding hydrogens is 385 g/mol. The van der Waals surface area contributed by atoms with E-state index in [1.165, 1.54) is 48.2 Å². The molecule has 1 saturated carbocycles. The molecule has 2 heterocycles. The number of anilines is 1. The van der Waals surface area contributed by atoms with Crippen LogP contribution < -0.4 is 10.9 Å². The SMILES string of the molecule is O=c1c(Cl)c(NCc2ccc(F)s2)cnn1-c1ccc(C2CCCC2)cc1. The highest BCUT2D eigenvalue weighted by Gasteiger charge is 2.17. The molecule has 0 atom stereocenters. The van der Waals surface area contributed by atoms with Crippen molar-refractivity contribution in [2.24, 2.45) is 0 Å². The average molecular weight is 404 g/mol. The lowest BCUT2D eigenvalue weighted by Crippen LogP contribution is -2.22. The molecule has 0 radical (unpaired) electrons. The van der Waals surface area contributed by atoms with Gasteiger partial charge in [0.1, 0.15) is 5.02 Å². The molecule has 0 bridgehead atoms. The number of hydrogen-bond acceptors (Lipinski definition) is 4. The van der Waals surface area contributed by atoms with Crippen LogP contribution in [0.15, 0.2) is 47.4 Å². The van der Waals surface area contributed by atoms with E-state index in [4.69, 9.17) is 11.6 Å². The van der Waals surface area contributed by atoms with Crippen molar-refractivity contribution in [3.8, 4) is 5.69 Å². The lowest BCUT2D eigenvalue weighted by atomic mass is 9.98. The van der Waals surface area contributed by atoms with Crippen LogP contribution in [0, 0.1) is 5.13 Å². The summed E-state index contributed by atoms with van der Waals surface area (Å²) in [6, 6.07) is 11.1.